The summed E-state index contributed by atoms with van der Waals surface area (Å²) >= 11 is 4.87. The Balaban J connectivity index is 2.27. The third kappa shape index (κ3) is 2.49. The number of hydrogen-bond acceptors (Lipinski definition) is 4. The van der Waals surface area contributed by atoms with Crippen molar-refractivity contribution < 1.29 is 0 Å². The van der Waals surface area contributed by atoms with Gasteiger partial charge < -0.3 is 11.1 Å². The van der Waals surface area contributed by atoms with Crippen LogP contribution in [0.5, 0.6) is 0 Å². The first-order valence-corrected chi connectivity index (χ1v) is 6.00. The topological polar surface area (TPSA) is 50.9 Å². The van der Waals surface area contributed by atoms with Crippen LogP contribution in [0.25, 0.3) is 0 Å². The second-order valence-electron chi connectivity index (χ2n) is 3.15. The first kappa shape index (κ1) is 10.4. The molecule has 1 aromatic heterocycles. The standard InChI is InChI=1S/C10H10BrN3S/c1-6-2-3-7(11)4-8(6)14-10-13-5-9(12)15-10/h2-5H,12H2,1H3,(H,13,14). The minimum absolute atomic E-state index is 0.713. The molecule has 1 heterocycles. The molecule has 0 atom stereocenters. The molecule has 3 N–H and O–H groups in total. The number of halogens is 1. The smallest absolute Gasteiger partial charge is 0.189 e. The fourth-order valence-corrected chi connectivity index (χ4v) is 2.14. The summed E-state index contributed by atoms with van der Waals surface area (Å²) in [7, 11) is 0. The molecular formula is C10H10BrN3S. The summed E-state index contributed by atoms with van der Waals surface area (Å²) in [6.45, 7) is 2.05. The normalized spacial score (nSPS) is 10.3. The molecule has 78 valence electrons. The molecule has 0 saturated carbocycles. The monoisotopic (exact) mass is 283 g/mol. The Morgan fingerprint density at radius 1 is 1.47 bits per heavy atom. The van der Waals surface area contributed by atoms with Gasteiger partial charge in [-0.25, -0.2) is 4.98 Å². The lowest BCUT2D eigenvalue weighted by atomic mass is 10.2. The third-order valence-electron chi connectivity index (χ3n) is 1.96. The van der Waals surface area contributed by atoms with Gasteiger partial charge in [-0.2, -0.15) is 0 Å². The lowest BCUT2D eigenvalue weighted by Crippen LogP contribution is -1.91. The molecule has 0 bridgehead atoms. The van der Waals surface area contributed by atoms with Crippen molar-refractivity contribution >= 4 is 43.1 Å². The van der Waals surface area contributed by atoms with Crippen molar-refractivity contribution in [2.24, 2.45) is 0 Å². The van der Waals surface area contributed by atoms with Crippen molar-refractivity contribution in [3.05, 3.63) is 34.4 Å². The molecule has 0 fully saturated rings. The molecule has 1 aromatic carbocycles. The largest absolute Gasteiger partial charge is 0.389 e. The van der Waals surface area contributed by atoms with Crippen LogP contribution in [0.3, 0.4) is 0 Å². The van der Waals surface area contributed by atoms with E-state index in [0.717, 1.165) is 15.3 Å². The van der Waals surface area contributed by atoms with Gasteiger partial charge in [-0.3, -0.25) is 0 Å². The number of nitrogens with one attached hydrogen (secondary N) is 1. The molecule has 0 aliphatic rings. The highest BCUT2D eigenvalue weighted by Gasteiger charge is 2.02. The Hall–Kier alpha value is -1.07. The van der Waals surface area contributed by atoms with E-state index >= 15 is 0 Å². The van der Waals surface area contributed by atoms with Crippen LogP contribution in [0, 0.1) is 6.92 Å². The second kappa shape index (κ2) is 4.20. The molecular weight excluding hydrogens is 274 g/mol. The Bertz CT molecular complexity index is 481. The maximum Gasteiger partial charge on any atom is 0.189 e. The highest BCUT2D eigenvalue weighted by Crippen LogP contribution is 2.27. The van der Waals surface area contributed by atoms with E-state index in [1.807, 2.05) is 25.1 Å². The molecule has 0 radical (unpaired) electrons. The number of aryl methyl sites for hydroxylation is 1. The molecule has 0 amide bonds. The van der Waals surface area contributed by atoms with Crippen molar-refractivity contribution in [1.29, 1.82) is 0 Å². The van der Waals surface area contributed by atoms with Gasteiger partial charge in [-0.15, -0.1) is 0 Å². The van der Waals surface area contributed by atoms with Gasteiger partial charge in [0.15, 0.2) is 5.13 Å². The number of anilines is 3. The predicted molar refractivity (Wildman–Crippen MR) is 68.7 cm³/mol. The molecule has 0 unspecified atom stereocenters. The van der Waals surface area contributed by atoms with Crippen LogP contribution in [0.2, 0.25) is 0 Å². The summed E-state index contributed by atoms with van der Waals surface area (Å²) in [5.41, 5.74) is 7.82. The summed E-state index contributed by atoms with van der Waals surface area (Å²) in [6, 6.07) is 6.08. The Morgan fingerprint density at radius 2 is 2.27 bits per heavy atom. The number of nitrogens with two attached hydrogens (primary N) is 1. The second-order valence-corrected chi connectivity index (χ2v) is 5.13. The van der Waals surface area contributed by atoms with E-state index in [2.05, 4.69) is 26.2 Å². The summed E-state index contributed by atoms with van der Waals surface area (Å²) in [6.07, 6.45) is 1.65. The first-order chi connectivity index (χ1) is 7.15. The highest BCUT2D eigenvalue weighted by atomic mass is 79.9. The van der Waals surface area contributed by atoms with Crippen molar-refractivity contribution in [3.63, 3.8) is 0 Å². The van der Waals surface area contributed by atoms with Crippen LogP contribution in [0.4, 0.5) is 15.8 Å². The van der Waals surface area contributed by atoms with Crippen molar-refractivity contribution in [2.75, 3.05) is 11.1 Å². The molecule has 3 nitrogen and oxygen atoms in total. The molecule has 0 aliphatic heterocycles. The van der Waals surface area contributed by atoms with Gasteiger partial charge in [0.1, 0.15) is 5.00 Å². The summed E-state index contributed by atoms with van der Waals surface area (Å²) in [5, 5.41) is 4.76. The summed E-state index contributed by atoms with van der Waals surface area (Å²) < 4.78 is 1.04. The number of nitrogen functional groups attached to an aromatic ring is 1. The van der Waals surface area contributed by atoms with Gasteiger partial charge in [0.25, 0.3) is 0 Å². The molecule has 0 spiro atoms. The average Bonchev–Trinajstić information content (AvgIpc) is 2.58. The number of aromatic nitrogens is 1. The minimum Gasteiger partial charge on any atom is -0.389 e. The fourth-order valence-electron chi connectivity index (χ4n) is 1.19. The van der Waals surface area contributed by atoms with Gasteiger partial charge in [0, 0.05) is 10.2 Å². The SMILES string of the molecule is Cc1ccc(Br)cc1Nc1ncc(N)s1. The van der Waals surface area contributed by atoms with Crippen molar-refractivity contribution in [2.45, 2.75) is 6.92 Å². The molecule has 15 heavy (non-hydrogen) atoms. The molecule has 2 rings (SSSR count). The van der Waals surface area contributed by atoms with Crippen molar-refractivity contribution in [3.8, 4) is 0 Å². The van der Waals surface area contributed by atoms with E-state index in [4.69, 9.17) is 5.73 Å². The molecule has 5 heteroatoms. The Labute approximate surface area is 100 Å². The number of thiazole rings is 1. The summed E-state index contributed by atoms with van der Waals surface area (Å²) in [5.74, 6) is 0. The van der Waals surface area contributed by atoms with Crippen LogP contribution in [-0.4, -0.2) is 4.98 Å². The lowest BCUT2D eigenvalue weighted by molar-refractivity contribution is 1.36. The lowest BCUT2D eigenvalue weighted by Gasteiger charge is -2.06. The van der Waals surface area contributed by atoms with E-state index in [1.165, 1.54) is 16.9 Å². The van der Waals surface area contributed by atoms with E-state index in [0.29, 0.717) is 5.00 Å². The van der Waals surface area contributed by atoms with Crippen LogP contribution < -0.4 is 11.1 Å². The van der Waals surface area contributed by atoms with Gasteiger partial charge in [0.2, 0.25) is 0 Å². The maximum atomic E-state index is 5.61. The average molecular weight is 284 g/mol. The number of nitrogens with zero attached hydrogens (tertiary/aromatic N) is 1. The fraction of sp³-hybridized carbons (Fsp3) is 0.100. The van der Waals surface area contributed by atoms with E-state index in [1.54, 1.807) is 6.20 Å². The van der Waals surface area contributed by atoms with Crippen LogP contribution >= 0.6 is 27.3 Å². The Kier molecular flexibility index (Phi) is 2.93. The van der Waals surface area contributed by atoms with Gasteiger partial charge in [-0.1, -0.05) is 33.3 Å². The quantitative estimate of drug-likeness (QED) is 0.886. The van der Waals surface area contributed by atoms with E-state index in [-0.39, 0.29) is 0 Å². The zero-order valence-electron chi connectivity index (χ0n) is 8.12. The number of hydrogen-bond donors (Lipinski definition) is 2. The Morgan fingerprint density at radius 3 is 2.93 bits per heavy atom. The zero-order chi connectivity index (χ0) is 10.8. The predicted octanol–water partition coefficient (Wildman–Crippen LogP) is 3.54. The van der Waals surface area contributed by atoms with E-state index < -0.39 is 0 Å². The molecule has 2 aromatic rings. The van der Waals surface area contributed by atoms with E-state index in [9.17, 15) is 0 Å². The number of rotatable bonds is 2. The van der Waals surface area contributed by atoms with Crippen molar-refractivity contribution in [1.82, 2.24) is 4.98 Å². The number of benzene rings is 1. The molecule has 0 aliphatic carbocycles. The minimum atomic E-state index is 0.713. The van der Waals surface area contributed by atoms with Gasteiger partial charge in [-0.05, 0) is 24.6 Å². The van der Waals surface area contributed by atoms with Gasteiger partial charge in [0.05, 0.1) is 6.20 Å². The van der Waals surface area contributed by atoms with Crippen LogP contribution in [0.15, 0.2) is 28.9 Å². The van der Waals surface area contributed by atoms with Crippen LogP contribution in [-0.2, 0) is 0 Å². The summed E-state index contributed by atoms with van der Waals surface area (Å²) in [4.78, 5) is 4.15. The van der Waals surface area contributed by atoms with Crippen LogP contribution in [0.1, 0.15) is 5.56 Å². The first-order valence-electron chi connectivity index (χ1n) is 4.39. The highest BCUT2D eigenvalue weighted by molar-refractivity contribution is 9.10. The maximum absolute atomic E-state index is 5.61. The molecule has 0 saturated heterocycles. The third-order valence-corrected chi connectivity index (χ3v) is 3.20. The van der Waals surface area contributed by atoms with Gasteiger partial charge >= 0.3 is 0 Å². The zero-order valence-corrected chi connectivity index (χ0v) is 10.5.